The van der Waals surface area contributed by atoms with Crippen molar-refractivity contribution in [2.24, 2.45) is 27.9 Å². The van der Waals surface area contributed by atoms with Crippen LogP contribution >= 0.6 is 0 Å². The molecule has 0 fully saturated rings. The SMILES string of the molecule is CCCCCCCCCCCC(=O)OC(=O)C(N)CCC(=O)O.NC(N)=NCCCC(N)C(=O)O. The first-order chi connectivity index (χ1) is 16.5. The van der Waals surface area contributed by atoms with Crippen LogP contribution < -0.4 is 22.9 Å². The Kier molecular flexibility index (Phi) is 22.7. The molecule has 0 aliphatic rings. The summed E-state index contributed by atoms with van der Waals surface area (Å²) >= 11 is 0. The van der Waals surface area contributed by atoms with Gasteiger partial charge in [-0.15, -0.1) is 0 Å². The lowest BCUT2D eigenvalue weighted by Crippen LogP contribution is -2.34. The third-order valence-corrected chi connectivity index (χ3v) is 4.96. The molecule has 2 atom stereocenters. The summed E-state index contributed by atoms with van der Waals surface area (Å²) in [6, 6.07) is -1.88. The van der Waals surface area contributed by atoms with E-state index in [0.717, 1.165) is 12.8 Å². The van der Waals surface area contributed by atoms with Crippen molar-refractivity contribution >= 4 is 29.8 Å². The van der Waals surface area contributed by atoms with Crippen LogP contribution in [0.5, 0.6) is 0 Å². The Morgan fingerprint density at radius 1 is 0.771 bits per heavy atom. The molecule has 12 nitrogen and oxygen atoms in total. The molecule has 0 amide bonds. The standard InChI is InChI=1S/C17H31NO5.C6H14N4O2/c1-2-3-4-5-6-7-8-9-10-11-16(21)23-17(22)14(18)12-13-15(19)20;7-4(5(11)12)2-1-3-10-6(8)9/h14H,2-13,18H2,1H3,(H,19,20);4H,1-3,7H2,(H,11,12)(H4,8,9,10). The number of aliphatic imine (C=N–C) groups is 1. The minimum atomic E-state index is -1.06. The summed E-state index contributed by atoms with van der Waals surface area (Å²) in [5.74, 6) is -3.44. The molecule has 0 rings (SSSR count). The molecular formula is C23H45N5O7. The van der Waals surface area contributed by atoms with Gasteiger partial charge in [-0.2, -0.15) is 0 Å². The lowest BCUT2D eigenvalue weighted by atomic mass is 10.1. The summed E-state index contributed by atoms with van der Waals surface area (Å²) in [5, 5.41) is 16.9. The number of carboxylic acids is 2. The predicted octanol–water partition coefficient (Wildman–Crippen LogP) is 1.62. The second kappa shape index (κ2) is 23.0. The molecule has 0 heterocycles. The van der Waals surface area contributed by atoms with Crippen molar-refractivity contribution in [1.82, 2.24) is 0 Å². The zero-order chi connectivity index (χ0) is 27.1. The normalized spacial score (nSPS) is 12.0. The average Bonchev–Trinajstić information content (AvgIpc) is 2.79. The highest BCUT2D eigenvalue weighted by Crippen LogP contribution is 2.11. The highest BCUT2D eigenvalue weighted by Gasteiger charge is 2.19. The molecule has 0 aromatic heterocycles. The third kappa shape index (κ3) is 25.7. The van der Waals surface area contributed by atoms with E-state index < -0.39 is 36.0 Å². The van der Waals surface area contributed by atoms with Crippen LogP contribution in [-0.4, -0.2) is 58.7 Å². The smallest absolute Gasteiger partial charge is 0.330 e. The Bertz CT molecular complexity index is 640. The maximum absolute atomic E-state index is 11.5. The fraction of sp³-hybridized carbons (Fsp3) is 0.783. The largest absolute Gasteiger partial charge is 0.481 e. The molecule has 0 saturated carbocycles. The quantitative estimate of drug-likeness (QED) is 0.0486. The highest BCUT2D eigenvalue weighted by atomic mass is 16.6. The van der Waals surface area contributed by atoms with Gasteiger partial charge in [-0.3, -0.25) is 19.4 Å². The maximum atomic E-state index is 11.5. The summed E-state index contributed by atoms with van der Waals surface area (Å²) in [6.45, 7) is 2.62. The summed E-state index contributed by atoms with van der Waals surface area (Å²) in [7, 11) is 0. The Hall–Kier alpha value is -2.73. The van der Waals surface area contributed by atoms with Gasteiger partial charge in [0.2, 0.25) is 0 Å². The van der Waals surface area contributed by atoms with E-state index in [0.29, 0.717) is 25.8 Å². The Labute approximate surface area is 207 Å². The van der Waals surface area contributed by atoms with E-state index in [4.69, 9.17) is 33.1 Å². The van der Waals surface area contributed by atoms with E-state index in [1.54, 1.807) is 0 Å². The van der Waals surface area contributed by atoms with Gasteiger partial charge in [-0.05, 0) is 25.7 Å². The molecule has 0 aliphatic heterocycles. The molecule has 0 radical (unpaired) electrons. The predicted molar refractivity (Wildman–Crippen MR) is 133 cm³/mol. The zero-order valence-corrected chi connectivity index (χ0v) is 21.0. The number of carbonyl (C=O) groups excluding carboxylic acids is 2. The number of carboxylic acid groups (broad SMARTS) is 2. The van der Waals surface area contributed by atoms with Crippen molar-refractivity contribution in [2.45, 2.75) is 109 Å². The second-order valence-electron chi connectivity index (χ2n) is 8.30. The highest BCUT2D eigenvalue weighted by molar-refractivity contribution is 5.88. The molecule has 0 bridgehead atoms. The van der Waals surface area contributed by atoms with Gasteiger partial charge in [0.15, 0.2) is 5.96 Å². The lowest BCUT2D eigenvalue weighted by Gasteiger charge is -2.09. The molecular weight excluding hydrogens is 458 g/mol. The fourth-order valence-electron chi connectivity index (χ4n) is 2.86. The van der Waals surface area contributed by atoms with E-state index in [9.17, 15) is 19.2 Å². The maximum Gasteiger partial charge on any atom is 0.330 e. The number of rotatable bonds is 19. The number of hydrogen-bond donors (Lipinski definition) is 6. The van der Waals surface area contributed by atoms with Crippen LogP contribution in [0.25, 0.3) is 0 Å². The van der Waals surface area contributed by atoms with E-state index in [-0.39, 0.29) is 25.2 Å². The van der Waals surface area contributed by atoms with Gasteiger partial charge in [0.1, 0.15) is 12.1 Å². The van der Waals surface area contributed by atoms with Gasteiger partial charge in [-0.25, -0.2) is 4.79 Å². The fourth-order valence-corrected chi connectivity index (χ4v) is 2.86. The zero-order valence-electron chi connectivity index (χ0n) is 21.0. The molecule has 0 aromatic carbocycles. The van der Waals surface area contributed by atoms with Gasteiger partial charge in [0, 0.05) is 19.4 Å². The average molecular weight is 504 g/mol. The van der Waals surface area contributed by atoms with Gasteiger partial charge in [0.25, 0.3) is 0 Å². The van der Waals surface area contributed by atoms with Gasteiger partial charge >= 0.3 is 23.9 Å². The van der Waals surface area contributed by atoms with Crippen molar-refractivity contribution in [1.29, 1.82) is 0 Å². The van der Waals surface area contributed by atoms with Crippen molar-refractivity contribution in [2.75, 3.05) is 6.54 Å². The number of nitrogens with two attached hydrogens (primary N) is 4. The van der Waals surface area contributed by atoms with Crippen LogP contribution in [-0.2, 0) is 23.9 Å². The van der Waals surface area contributed by atoms with Crippen LogP contribution in [0, 0.1) is 0 Å². The Morgan fingerprint density at radius 2 is 1.31 bits per heavy atom. The molecule has 35 heavy (non-hydrogen) atoms. The number of aliphatic carboxylic acids is 2. The third-order valence-electron chi connectivity index (χ3n) is 4.96. The number of hydrogen-bond acceptors (Lipinski definition) is 8. The lowest BCUT2D eigenvalue weighted by molar-refractivity contribution is -0.160. The van der Waals surface area contributed by atoms with Gasteiger partial charge in [0.05, 0.1) is 0 Å². The van der Waals surface area contributed by atoms with E-state index in [2.05, 4.69) is 16.7 Å². The van der Waals surface area contributed by atoms with E-state index in [1.807, 2.05) is 0 Å². The summed E-state index contributed by atoms with van der Waals surface area (Å²) in [4.78, 5) is 47.2. The summed E-state index contributed by atoms with van der Waals surface area (Å²) < 4.78 is 4.62. The summed E-state index contributed by atoms with van der Waals surface area (Å²) in [5.41, 5.74) is 20.8. The molecule has 2 unspecified atom stereocenters. The van der Waals surface area contributed by atoms with Gasteiger partial charge in [-0.1, -0.05) is 58.3 Å². The van der Waals surface area contributed by atoms with Crippen molar-refractivity contribution in [3.63, 3.8) is 0 Å². The first-order valence-electron chi connectivity index (χ1n) is 12.3. The number of guanidine groups is 1. The number of ether oxygens (including phenoxy) is 1. The molecule has 12 heteroatoms. The first-order valence-corrected chi connectivity index (χ1v) is 12.3. The van der Waals surface area contributed by atoms with Crippen molar-refractivity contribution < 1.29 is 34.1 Å². The van der Waals surface area contributed by atoms with Crippen LogP contribution in [0.3, 0.4) is 0 Å². The molecule has 0 saturated heterocycles. The van der Waals surface area contributed by atoms with Crippen LogP contribution in [0.1, 0.15) is 96.8 Å². The monoisotopic (exact) mass is 503 g/mol. The topological polar surface area (TPSA) is 234 Å². The minimum absolute atomic E-state index is 0.0129. The minimum Gasteiger partial charge on any atom is -0.481 e. The van der Waals surface area contributed by atoms with Gasteiger partial charge < -0.3 is 37.9 Å². The summed E-state index contributed by atoms with van der Waals surface area (Å²) in [6.07, 6.45) is 11.2. The van der Waals surface area contributed by atoms with Crippen LogP contribution in [0.15, 0.2) is 4.99 Å². The second-order valence-corrected chi connectivity index (χ2v) is 8.30. The molecule has 0 spiro atoms. The van der Waals surface area contributed by atoms with E-state index >= 15 is 0 Å². The Morgan fingerprint density at radius 3 is 1.80 bits per heavy atom. The van der Waals surface area contributed by atoms with Crippen LogP contribution in [0.4, 0.5) is 0 Å². The number of carbonyl (C=O) groups is 4. The van der Waals surface area contributed by atoms with Crippen molar-refractivity contribution in [3.05, 3.63) is 0 Å². The molecule has 0 aliphatic carbocycles. The molecule has 204 valence electrons. The van der Waals surface area contributed by atoms with E-state index in [1.165, 1.54) is 38.5 Å². The number of nitrogens with zero attached hydrogens (tertiary/aromatic N) is 1. The molecule has 10 N–H and O–H groups in total. The first kappa shape index (κ1) is 34.4. The number of unbranched alkanes of at least 4 members (excludes halogenated alkanes) is 8. The number of esters is 2. The van der Waals surface area contributed by atoms with Crippen LogP contribution in [0.2, 0.25) is 0 Å². The Balaban J connectivity index is 0. The molecule has 0 aromatic rings. The van der Waals surface area contributed by atoms with Crippen molar-refractivity contribution in [3.8, 4) is 0 Å².